The summed E-state index contributed by atoms with van der Waals surface area (Å²) in [5.74, 6) is 0. The Kier molecular flexibility index (Phi) is 4.96. The Morgan fingerprint density at radius 2 is 1.97 bits per heavy atom. The van der Waals surface area contributed by atoms with E-state index in [1.807, 2.05) is 29.6 Å². The van der Waals surface area contributed by atoms with E-state index in [2.05, 4.69) is 5.32 Å². The first-order valence-electron chi connectivity index (χ1n) is 9.98. The summed E-state index contributed by atoms with van der Waals surface area (Å²) in [6, 6.07) is 13.7. The van der Waals surface area contributed by atoms with Crippen molar-refractivity contribution in [3.63, 3.8) is 0 Å². The number of carbonyl (C=O) groups is 1. The fourth-order valence-corrected chi connectivity index (χ4v) is 6.58. The molecule has 0 saturated carbocycles. The molecule has 2 amide bonds. The lowest BCUT2D eigenvalue weighted by Gasteiger charge is -2.31. The van der Waals surface area contributed by atoms with E-state index in [4.69, 9.17) is 0 Å². The fraction of sp³-hybridized carbons (Fsp3) is 0.227. The van der Waals surface area contributed by atoms with Crippen molar-refractivity contribution in [2.45, 2.75) is 30.9 Å². The van der Waals surface area contributed by atoms with E-state index in [0.717, 1.165) is 28.8 Å². The number of anilines is 3. The average molecular weight is 456 g/mol. The molecule has 1 aromatic heterocycles. The Morgan fingerprint density at radius 1 is 1.13 bits per heavy atom. The summed E-state index contributed by atoms with van der Waals surface area (Å²) in [4.78, 5) is 15.1. The predicted molar refractivity (Wildman–Crippen MR) is 121 cm³/mol. The van der Waals surface area contributed by atoms with Crippen LogP contribution in [-0.2, 0) is 29.6 Å². The Morgan fingerprint density at radius 3 is 2.81 bits per heavy atom. The summed E-state index contributed by atoms with van der Waals surface area (Å²) in [5.41, 5.74) is 3.77. The van der Waals surface area contributed by atoms with Crippen molar-refractivity contribution < 1.29 is 18.3 Å². The van der Waals surface area contributed by atoms with Crippen molar-refractivity contribution in [1.29, 1.82) is 0 Å². The monoisotopic (exact) mass is 455 g/mol. The Balaban J connectivity index is 1.51. The van der Waals surface area contributed by atoms with Crippen LogP contribution in [0.25, 0.3) is 0 Å². The van der Waals surface area contributed by atoms with Crippen molar-refractivity contribution in [2.24, 2.45) is 0 Å². The van der Waals surface area contributed by atoms with Gasteiger partial charge in [-0.3, -0.25) is 9.21 Å². The molecule has 2 aromatic carbocycles. The average Bonchev–Trinajstić information content (AvgIpc) is 3.19. The van der Waals surface area contributed by atoms with E-state index in [1.165, 1.54) is 20.5 Å². The standard InChI is InChI=1S/C22H21N3O4S2/c26-13-21-18-12-24(22(27)23-19(18)14-30-21)16-7-3-8-17(11-16)31(28,29)25-10-4-6-15-5-1-2-9-20(15)25/h1-3,5,7-9,11,14,26H,4,6,10,12-13H2,(H,23,27). The van der Waals surface area contributed by atoms with Crippen LogP contribution in [-0.4, -0.2) is 26.1 Å². The number of rotatable bonds is 4. The number of aryl methyl sites for hydroxylation is 1. The second kappa shape index (κ2) is 7.67. The van der Waals surface area contributed by atoms with E-state index >= 15 is 0 Å². The van der Waals surface area contributed by atoms with Crippen LogP contribution >= 0.6 is 11.3 Å². The molecule has 0 saturated heterocycles. The smallest absolute Gasteiger partial charge is 0.326 e. The summed E-state index contributed by atoms with van der Waals surface area (Å²) in [7, 11) is -3.78. The molecule has 3 heterocycles. The van der Waals surface area contributed by atoms with Gasteiger partial charge in [0.05, 0.1) is 29.4 Å². The minimum atomic E-state index is -3.78. The van der Waals surface area contributed by atoms with Crippen LogP contribution < -0.4 is 14.5 Å². The van der Waals surface area contributed by atoms with Crippen LogP contribution in [0.1, 0.15) is 22.4 Å². The highest BCUT2D eigenvalue weighted by molar-refractivity contribution is 7.92. The first-order valence-corrected chi connectivity index (χ1v) is 12.3. The summed E-state index contributed by atoms with van der Waals surface area (Å²) in [5, 5.41) is 14.2. The molecule has 0 spiro atoms. The highest BCUT2D eigenvalue weighted by Crippen LogP contribution is 2.36. The number of aliphatic hydroxyl groups excluding tert-OH is 1. The number of urea groups is 1. The summed E-state index contributed by atoms with van der Waals surface area (Å²) in [6.07, 6.45) is 1.61. The lowest BCUT2D eigenvalue weighted by molar-refractivity contribution is 0.255. The van der Waals surface area contributed by atoms with Crippen molar-refractivity contribution in [3.8, 4) is 0 Å². The molecule has 7 nitrogen and oxygen atoms in total. The summed E-state index contributed by atoms with van der Waals surface area (Å²) < 4.78 is 28.5. The molecule has 0 bridgehead atoms. The van der Waals surface area contributed by atoms with Gasteiger partial charge in [-0.05, 0) is 42.7 Å². The molecule has 3 aromatic rings. The van der Waals surface area contributed by atoms with Gasteiger partial charge in [-0.2, -0.15) is 0 Å². The minimum absolute atomic E-state index is 0.105. The number of sulfonamides is 1. The normalized spacial score (nSPS) is 16.0. The van der Waals surface area contributed by atoms with Gasteiger partial charge in [-0.1, -0.05) is 24.3 Å². The van der Waals surface area contributed by atoms with Crippen LogP contribution in [0.4, 0.5) is 21.9 Å². The number of fused-ring (bicyclic) bond motifs is 2. The summed E-state index contributed by atoms with van der Waals surface area (Å²) >= 11 is 1.39. The molecule has 2 aliphatic rings. The first kappa shape index (κ1) is 20.0. The lowest BCUT2D eigenvalue weighted by Crippen LogP contribution is -2.39. The molecule has 9 heteroatoms. The quantitative estimate of drug-likeness (QED) is 0.624. The molecule has 2 aliphatic heterocycles. The second-order valence-electron chi connectivity index (χ2n) is 7.53. The number of carbonyl (C=O) groups excluding carboxylic acids is 1. The van der Waals surface area contributed by atoms with Crippen LogP contribution in [0.2, 0.25) is 0 Å². The van der Waals surface area contributed by atoms with Gasteiger partial charge in [0, 0.05) is 28.1 Å². The third-order valence-corrected chi connectivity index (χ3v) is 8.54. The zero-order chi connectivity index (χ0) is 21.6. The third-order valence-electron chi connectivity index (χ3n) is 5.71. The maximum absolute atomic E-state index is 13.5. The Bertz CT molecular complexity index is 1270. The number of nitrogens with zero attached hydrogens (tertiary/aromatic N) is 2. The molecular formula is C22H21N3O4S2. The van der Waals surface area contributed by atoms with Crippen molar-refractivity contribution in [1.82, 2.24) is 0 Å². The molecule has 0 unspecified atom stereocenters. The number of benzene rings is 2. The van der Waals surface area contributed by atoms with Gasteiger partial charge in [0.15, 0.2) is 0 Å². The number of amides is 2. The van der Waals surface area contributed by atoms with Crippen LogP contribution in [0, 0.1) is 0 Å². The zero-order valence-corrected chi connectivity index (χ0v) is 18.2. The van der Waals surface area contributed by atoms with E-state index in [-0.39, 0.29) is 24.1 Å². The topological polar surface area (TPSA) is 90.0 Å². The first-order chi connectivity index (χ1) is 15.0. The van der Waals surface area contributed by atoms with Gasteiger partial charge in [0.25, 0.3) is 10.0 Å². The predicted octanol–water partition coefficient (Wildman–Crippen LogP) is 3.93. The number of para-hydroxylation sites is 1. The number of hydrogen-bond donors (Lipinski definition) is 2. The van der Waals surface area contributed by atoms with Gasteiger partial charge < -0.3 is 10.4 Å². The van der Waals surface area contributed by atoms with Gasteiger partial charge in [-0.15, -0.1) is 11.3 Å². The van der Waals surface area contributed by atoms with E-state index in [0.29, 0.717) is 23.6 Å². The van der Waals surface area contributed by atoms with Crippen molar-refractivity contribution in [2.75, 3.05) is 21.1 Å². The van der Waals surface area contributed by atoms with E-state index in [9.17, 15) is 18.3 Å². The fourth-order valence-electron chi connectivity index (χ4n) is 4.14. The molecule has 2 N–H and O–H groups in total. The number of hydrogen-bond acceptors (Lipinski definition) is 5. The molecule has 0 radical (unpaired) electrons. The number of aliphatic hydroxyl groups is 1. The minimum Gasteiger partial charge on any atom is -0.391 e. The summed E-state index contributed by atoms with van der Waals surface area (Å²) in [6.45, 7) is 0.592. The van der Waals surface area contributed by atoms with Crippen molar-refractivity contribution in [3.05, 3.63) is 69.9 Å². The van der Waals surface area contributed by atoms with E-state index in [1.54, 1.807) is 24.3 Å². The van der Waals surface area contributed by atoms with E-state index < -0.39 is 10.0 Å². The molecule has 0 fully saturated rings. The highest BCUT2D eigenvalue weighted by atomic mass is 32.2. The van der Waals surface area contributed by atoms with Gasteiger partial charge in [0.2, 0.25) is 0 Å². The van der Waals surface area contributed by atoms with Gasteiger partial charge in [0.1, 0.15) is 0 Å². The number of nitrogens with one attached hydrogen (secondary N) is 1. The molecule has 160 valence electrons. The Hall–Kier alpha value is -2.88. The Labute approximate surface area is 184 Å². The maximum atomic E-state index is 13.5. The van der Waals surface area contributed by atoms with Crippen LogP contribution in [0.5, 0.6) is 0 Å². The third kappa shape index (κ3) is 3.38. The van der Waals surface area contributed by atoms with Gasteiger partial charge >= 0.3 is 6.03 Å². The van der Waals surface area contributed by atoms with Crippen molar-refractivity contribution >= 4 is 44.5 Å². The molecule has 31 heavy (non-hydrogen) atoms. The molecule has 5 rings (SSSR count). The molecule has 0 atom stereocenters. The zero-order valence-electron chi connectivity index (χ0n) is 16.6. The molecular weight excluding hydrogens is 434 g/mol. The largest absolute Gasteiger partial charge is 0.391 e. The molecule has 0 aliphatic carbocycles. The number of thiophene rings is 1. The maximum Gasteiger partial charge on any atom is 0.326 e. The second-order valence-corrected chi connectivity index (χ2v) is 10.4. The van der Waals surface area contributed by atoms with Crippen LogP contribution in [0.15, 0.2) is 58.8 Å². The SMILES string of the molecule is O=C1Nc2csc(CO)c2CN1c1cccc(S(=O)(=O)N2CCCc3ccccc32)c1. The highest BCUT2D eigenvalue weighted by Gasteiger charge is 2.31. The van der Waals surface area contributed by atoms with Crippen LogP contribution in [0.3, 0.4) is 0 Å². The van der Waals surface area contributed by atoms with Gasteiger partial charge in [-0.25, -0.2) is 13.2 Å². The lowest BCUT2D eigenvalue weighted by atomic mass is 10.0.